The fourth-order valence-corrected chi connectivity index (χ4v) is 3.82. The average Bonchev–Trinajstić information content (AvgIpc) is 2.98. The molecule has 7 nitrogen and oxygen atoms in total. The summed E-state index contributed by atoms with van der Waals surface area (Å²) < 4.78 is 43.2. The molecule has 0 bridgehead atoms. The second kappa shape index (κ2) is 13.8. The van der Waals surface area contributed by atoms with Crippen molar-refractivity contribution in [2.45, 2.75) is 19.4 Å². The summed E-state index contributed by atoms with van der Waals surface area (Å²) in [6.07, 6.45) is 0.815. The number of hydrogen-bond donors (Lipinski definition) is 1. The van der Waals surface area contributed by atoms with Crippen molar-refractivity contribution in [1.82, 2.24) is 10.3 Å². The van der Waals surface area contributed by atoms with Crippen LogP contribution in [0.15, 0.2) is 91.1 Å². The number of nitrogens with zero attached hydrogens (tertiary/aromatic N) is 1. The van der Waals surface area contributed by atoms with Gasteiger partial charge < -0.3 is 19.5 Å². The van der Waals surface area contributed by atoms with E-state index in [9.17, 15) is 18.4 Å². The number of ether oxygens (including phenoxy) is 3. The van der Waals surface area contributed by atoms with E-state index in [-0.39, 0.29) is 31.3 Å². The molecule has 1 amide bonds. The molecule has 0 spiro atoms. The lowest BCUT2D eigenvalue weighted by Gasteiger charge is -2.18. The van der Waals surface area contributed by atoms with Gasteiger partial charge in [0.1, 0.15) is 18.1 Å². The molecule has 0 aliphatic heterocycles. The van der Waals surface area contributed by atoms with Gasteiger partial charge in [-0.15, -0.1) is 0 Å². The first-order valence-corrected chi connectivity index (χ1v) is 12.7. The molecular formula is C31H28F2N2O5. The van der Waals surface area contributed by atoms with Crippen LogP contribution in [0.3, 0.4) is 0 Å². The maximum atomic E-state index is 13.6. The molecule has 1 atom stereocenters. The van der Waals surface area contributed by atoms with Crippen molar-refractivity contribution in [2.75, 3.05) is 19.8 Å². The van der Waals surface area contributed by atoms with Crippen LogP contribution in [0, 0.1) is 11.6 Å². The van der Waals surface area contributed by atoms with Gasteiger partial charge in [-0.2, -0.15) is 0 Å². The number of esters is 1. The maximum absolute atomic E-state index is 13.6. The van der Waals surface area contributed by atoms with Crippen molar-refractivity contribution < 1.29 is 32.6 Å². The first-order chi connectivity index (χ1) is 19.4. The molecule has 1 N–H and O–H groups in total. The van der Waals surface area contributed by atoms with Crippen molar-refractivity contribution in [2.24, 2.45) is 0 Å². The summed E-state index contributed by atoms with van der Waals surface area (Å²) in [5.74, 6) is -2.32. The number of amides is 1. The average molecular weight is 547 g/mol. The fraction of sp³-hybridized carbons (Fsp3) is 0.194. The van der Waals surface area contributed by atoms with Gasteiger partial charge in [-0.1, -0.05) is 30.3 Å². The maximum Gasteiger partial charge on any atom is 0.347 e. The van der Waals surface area contributed by atoms with Crippen LogP contribution in [0.1, 0.15) is 22.8 Å². The van der Waals surface area contributed by atoms with Crippen molar-refractivity contribution in [3.8, 4) is 22.8 Å². The summed E-state index contributed by atoms with van der Waals surface area (Å²) in [6, 6.07) is 22.9. The molecule has 0 saturated heterocycles. The Bertz CT molecular complexity index is 1410. The number of aromatic nitrogens is 1. The normalized spacial score (nSPS) is 11.4. The summed E-state index contributed by atoms with van der Waals surface area (Å²) in [4.78, 5) is 29.2. The molecule has 1 heterocycles. The lowest BCUT2D eigenvalue weighted by atomic mass is 10.1. The van der Waals surface area contributed by atoms with Crippen LogP contribution in [0.4, 0.5) is 8.78 Å². The Morgan fingerprint density at radius 1 is 0.900 bits per heavy atom. The molecular weight excluding hydrogens is 518 g/mol. The highest BCUT2D eigenvalue weighted by molar-refractivity contribution is 5.94. The number of carbonyl (C=O) groups excluding carboxylic acids is 2. The molecule has 3 aromatic carbocycles. The molecule has 0 saturated carbocycles. The van der Waals surface area contributed by atoms with Gasteiger partial charge in [-0.05, 0) is 61.0 Å². The number of pyridine rings is 1. The molecule has 1 unspecified atom stereocenters. The Kier molecular flexibility index (Phi) is 9.77. The third kappa shape index (κ3) is 7.86. The van der Waals surface area contributed by atoms with Crippen LogP contribution in [-0.2, 0) is 16.0 Å². The molecule has 1 aromatic heterocycles. The zero-order valence-corrected chi connectivity index (χ0v) is 21.8. The number of nitrogens with one attached hydrogen (secondary N) is 1. The van der Waals surface area contributed by atoms with Gasteiger partial charge >= 0.3 is 5.97 Å². The largest absolute Gasteiger partial charge is 0.492 e. The Labute approximate surface area is 230 Å². The summed E-state index contributed by atoms with van der Waals surface area (Å²) in [5, 5.41) is 2.82. The smallest absolute Gasteiger partial charge is 0.347 e. The highest BCUT2D eigenvalue weighted by Crippen LogP contribution is 2.20. The minimum Gasteiger partial charge on any atom is -0.492 e. The molecule has 40 heavy (non-hydrogen) atoms. The zero-order chi connectivity index (χ0) is 28.3. The topological polar surface area (TPSA) is 86.8 Å². The Morgan fingerprint density at radius 2 is 1.65 bits per heavy atom. The Hall–Kier alpha value is -4.79. The molecule has 0 aliphatic carbocycles. The van der Waals surface area contributed by atoms with Gasteiger partial charge in [-0.3, -0.25) is 9.78 Å². The summed E-state index contributed by atoms with van der Waals surface area (Å²) >= 11 is 0. The van der Waals surface area contributed by atoms with Gasteiger partial charge in [0, 0.05) is 29.8 Å². The van der Waals surface area contributed by atoms with Crippen LogP contribution in [0.2, 0.25) is 0 Å². The lowest BCUT2D eigenvalue weighted by molar-refractivity contribution is -0.151. The van der Waals surface area contributed by atoms with Crippen molar-refractivity contribution in [1.29, 1.82) is 0 Å². The molecule has 0 radical (unpaired) electrons. The van der Waals surface area contributed by atoms with E-state index in [1.165, 1.54) is 6.07 Å². The first-order valence-electron chi connectivity index (χ1n) is 12.7. The van der Waals surface area contributed by atoms with E-state index in [0.29, 0.717) is 17.9 Å². The Morgan fingerprint density at radius 3 is 2.33 bits per heavy atom. The van der Waals surface area contributed by atoms with E-state index in [1.54, 1.807) is 49.5 Å². The van der Waals surface area contributed by atoms with Gasteiger partial charge in [-0.25, -0.2) is 13.6 Å². The van der Waals surface area contributed by atoms with E-state index in [0.717, 1.165) is 29.0 Å². The van der Waals surface area contributed by atoms with E-state index in [2.05, 4.69) is 10.3 Å². The molecule has 4 rings (SSSR count). The van der Waals surface area contributed by atoms with Crippen molar-refractivity contribution in [3.63, 3.8) is 0 Å². The first kappa shape index (κ1) is 28.2. The minimum atomic E-state index is -1.07. The van der Waals surface area contributed by atoms with Gasteiger partial charge in [0.25, 0.3) is 5.91 Å². The SMILES string of the molecule is CCOC(=O)C(Cc1ccc(OCCNC(=O)c2ccc(-c3ccccn3)cc2)cc1)Oc1ccc(F)c(F)c1. The zero-order valence-electron chi connectivity index (χ0n) is 21.8. The summed E-state index contributed by atoms with van der Waals surface area (Å²) in [7, 11) is 0. The molecule has 4 aromatic rings. The van der Waals surface area contributed by atoms with Crippen molar-refractivity contribution in [3.05, 3.63) is 114 Å². The van der Waals surface area contributed by atoms with E-state index >= 15 is 0 Å². The number of rotatable bonds is 12. The van der Waals surface area contributed by atoms with Crippen LogP contribution < -0.4 is 14.8 Å². The number of benzene rings is 3. The van der Waals surface area contributed by atoms with Gasteiger partial charge in [0.05, 0.1) is 18.8 Å². The quantitative estimate of drug-likeness (QED) is 0.190. The van der Waals surface area contributed by atoms with E-state index in [4.69, 9.17) is 14.2 Å². The third-order valence-electron chi connectivity index (χ3n) is 5.83. The van der Waals surface area contributed by atoms with Crippen molar-refractivity contribution >= 4 is 11.9 Å². The molecule has 0 aliphatic rings. The molecule has 206 valence electrons. The van der Waals surface area contributed by atoms with Crippen LogP contribution in [0.5, 0.6) is 11.5 Å². The number of carbonyl (C=O) groups is 2. The second-order valence-electron chi connectivity index (χ2n) is 8.68. The van der Waals surface area contributed by atoms with Crippen LogP contribution >= 0.6 is 0 Å². The van der Waals surface area contributed by atoms with Crippen LogP contribution in [0.25, 0.3) is 11.3 Å². The molecule has 0 fully saturated rings. The highest BCUT2D eigenvalue weighted by Gasteiger charge is 2.23. The number of halogens is 2. The molecule has 9 heteroatoms. The Balaban J connectivity index is 1.26. The standard InChI is InChI=1S/C31H28F2N2O5/c1-2-38-31(37)29(40-25-14-15-26(32)27(33)20-25)19-21-6-12-24(13-7-21)39-18-17-35-30(36)23-10-8-22(9-11-23)28-5-3-4-16-34-28/h3-16,20,29H,2,17-19H2,1H3,(H,35,36). The van der Waals surface area contributed by atoms with Gasteiger partial charge in [0.15, 0.2) is 17.7 Å². The van der Waals surface area contributed by atoms with Gasteiger partial charge in [0.2, 0.25) is 0 Å². The summed E-state index contributed by atoms with van der Waals surface area (Å²) in [5.41, 5.74) is 3.04. The minimum absolute atomic E-state index is 0.0168. The monoisotopic (exact) mass is 546 g/mol. The predicted molar refractivity (Wildman–Crippen MR) is 145 cm³/mol. The third-order valence-corrected chi connectivity index (χ3v) is 5.83. The lowest BCUT2D eigenvalue weighted by Crippen LogP contribution is -2.31. The number of hydrogen-bond acceptors (Lipinski definition) is 6. The van der Waals surface area contributed by atoms with E-state index < -0.39 is 23.7 Å². The fourth-order valence-electron chi connectivity index (χ4n) is 3.82. The van der Waals surface area contributed by atoms with E-state index in [1.807, 2.05) is 30.3 Å². The second-order valence-corrected chi connectivity index (χ2v) is 8.68. The highest BCUT2D eigenvalue weighted by atomic mass is 19.2. The van der Waals surface area contributed by atoms with Crippen LogP contribution in [-0.4, -0.2) is 42.7 Å². The predicted octanol–water partition coefficient (Wildman–Crippen LogP) is 5.39. The summed E-state index contributed by atoms with van der Waals surface area (Å²) in [6.45, 7) is 2.37.